The van der Waals surface area contributed by atoms with Gasteiger partial charge in [0.15, 0.2) is 0 Å². The smallest absolute Gasteiger partial charge is 0.213 e. The van der Waals surface area contributed by atoms with Crippen molar-refractivity contribution in [3.05, 3.63) is 72.1 Å². The molecule has 6 heteroatoms. The van der Waals surface area contributed by atoms with E-state index in [4.69, 9.17) is 9.05 Å². The topological polar surface area (TPSA) is 61.3 Å². The third-order valence-electron chi connectivity index (χ3n) is 5.41. The minimum Gasteiger partial charge on any atom is -0.213 e. The van der Waals surface area contributed by atoms with Crippen LogP contribution in [0, 0.1) is 0 Å². The molecule has 0 unspecified atom stereocenters. The van der Waals surface area contributed by atoms with Crippen LogP contribution in [-0.2, 0) is 17.4 Å². The van der Waals surface area contributed by atoms with Crippen molar-refractivity contribution in [1.29, 1.82) is 0 Å². The van der Waals surface area contributed by atoms with E-state index in [1.807, 2.05) is 48.5 Å². The molecule has 2 aromatic carbocycles. The fraction of sp³-hybridized carbons (Fsp3) is 0.308. The Morgan fingerprint density at radius 1 is 0.719 bits per heavy atom. The second kappa shape index (κ2) is 10.5. The molecule has 4 rings (SSSR count). The van der Waals surface area contributed by atoms with E-state index in [0.717, 1.165) is 71.5 Å². The van der Waals surface area contributed by atoms with E-state index < -0.39 is 8.25 Å². The fourth-order valence-electron chi connectivity index (χ4n) is 3.71. The molecule has 0 N–H and O–H groups in total. The summed E-state index contributed by atoms with van der Waals surface area (Å²) in [4.78, 5) is 9.27. The molecule has 0 spiro atoms. The average Bonchev–Trinajstić information content (AvgIpc) is 2.81. The van der Waals surface area contributed by atoms with E-state index in [2.05, 4.69) is 35.9 Å². The molecular formula is C26H28N2O3P+. The normalized spacial score (nSPS) is 11.1. The maximum Gasteiger partial charge on any atom is 0.808 e. The number of nitrogens with zero attached hydrogens (tertiary/aromatic N) is 2. The van der Waals surface area contributed by atoms with Gasteiger partial charge in [0.1, 0.15) is 0 Å². The summed E-state index contributed by atoms with van der Waals surface area (Å²) in [5.74, 6) is 0.670. The van der Waals surface area contributed by atoms with Gasteiger partial charge in [-0.2, -0.15) is 0 Å². The first-order valence-corrected chi connectivity index (χ1v) is 12.4. The Morgan fingerprint density at radius 3 is 1.59 bits per heavy atom. The van der Waals surface area contributed by atoms with Crippen LogP contribution in [0.2, 0.25) is 0 Å². The monoisotopic (exact) mass is 447 g/mol. The molecule has 32 heavy (non-hydrogen) atoms. The van der Waals surface area contributed by atoms with Crippen LogP contribution in [0.1, 0.15) is 50.9 Å². The van der Waals surface area contributed by atoms with Gasteiger partial charge in [-0.25, -0.2) is 19.0 Å². The Balaban J connectivity index is 1.63. The molecule has 0 fully saturated rings. The Kier molecular flexibility index (Phi) is 7.28. The summed E-state index contributed by atoms with van der Waals surface area (Å²) in [6.45, 7) is 4.30. The van der Waals surface area contributed by atoms with Crippen molar-refractivity contribution >= 4 is 29.8 Å². The van der Waals surface area contributed by atoms with Crippen molar-refractivity contribution in [1.82, 2.24) is 9.97 Å². The van der Waals surface area contributed by atoms with Crippen molar-refractivity contribution in [2.24, 2.45) is 0 Å². The third-order valence-corrected chi connectivity index (χ3v) is 6.06. The Labute approximate surface area is 189 Å². The predicted octanol–water partition coefficient (Wildman–Crippen LogP) is 7.58. The first-order chi connectivity index (χ1) is 15.7. The van der Waals surface area contributed by atoms with Gasteiger partial charge in [-0.1, -0.05) is 63.1 Å². The minimum atomic E-state index is -2.51. The SMILES string of the molecule is CCCCc1cc2ccccc2c(O[P+](=O)Oc2nc(CCCC)cc3ccccc23)n1. The van der Waals surface area contributed by atoms with Gasteiger partial charge in [0.05, 0.1) is 0 Å². The quantitative estimate of drug-likeness (QED) is 0.234. The molecule has 5 nitrogen and oxygen atoms in total. The minimum absolute atomic E-state index is 0.335. The number of aromatic nitrogens is 2. The molecule has 0 aliphatic carbocycles. The molecule has 164 valence electrons. The summed E-state index contributed by atoms with van der Waals surface area (Å²) in [5.41, 5.74) is 1.85. The maximum absolute atomic E-state index is 12.9. The highest BCUT2D eigenvalue weighted by molar-refractivity contribution is 7.34. The number of pyridine rings is 2. The van der Waals surface area contributed by atoms with E-state index >= 15 is 0 Å². The van der Waals surface area contributed by atoms with E-state index in [9.17, 15) is 4.57 Å². The summed E-state index contributed by atoms with van der Waals surface area (Å²) in [7, 11) is -2.51. The highest BCUT2D eigenvalue weighted by atomic mass is 31.1. The Hall–Kier alpha value is -3.04. The third kappa shape index (κ3) is 5.23. The molecular weight excluding hydrogens is 419 g/mol. The van der Waals surface area contributed by atoms with Gasteiger partial charge < -0.3 is 0 Å². The van der Waals surface area contributed by atoms with Gasteiger partial charge in [0.25, 0.3) is 11.8 Å². The molecule has 0 radical (unpaired) electrons. The van der Waals surface area contributed by atoms with Crippen LogP contribution >= 0.6 is 8.25 Å². The highest BCUT2D eigenvalue weighted by Gasteiger charge is 2.29. The lowest BCUT2D eigenvalue weighted by molar-refractivity contribution is 0.406. The number of rotatable bonds is 10. The molecule has 2 aromatic heterocycles. The second-order valence-corrected chi connectivity index (χ2v) is 8.71. The van der Waals surface area contributed by atoms with Crippen molar-refractivity contribution in [2.75, 3.05) is 0 Å². The van der Waals surface area contributed by atoms with E-state index in [1.165, 1.54) is 0 Å². The summed E-state index contributed by atoms with van der Waals surface area (Å²) < 4.78 is 24.5. The van der Waals surface area contributed by atoms with Crippen LogP contribution in [-0.4, -0.2) is 9.97 Å². The number of unbranched alkanes of at least 4 members (excludes halogenated alkanes) is 2. The summed E-state index contributed by atoms with van der Waals surface area (Å²) in [6.07, 6.45) is 5.92. The maximum atomic E-state index is 12.9. The lowest BCUT2D eigenvalue weighted by Crippen LogP contribution is -1.99. The number of aryl methyl sites for hydroxylation is 2. The highest BCUT2D eigenvalue weighted by Crippen LogP contribution is 2.36. The molecule has 0 amide bonds. The van der Waals surface area contributed by atoms with Gasteiger partial charge in [-0.3, -0.25) is 0 Å². The fourth-order valence-corrected chi connectivity index (χ4v) is 4.31. The first-order valence-electron chi connectivity index (χ1n) is 11.3. The van der Waals surface area contributed by atoms with Crippen LogP contribution in [0.4, 0.5) is 0 Å². The average molecular weight is 447 g/mol. The number of fused-ring (bicyclic) bond motifs is 2. The first kappa shape index (κ1) is 22.2. The van der Waals surface area contributed by atoms with Gasteiger partial charge in [0.2, 0.25) is 0 Å². The molecule has 0 atom stereocenters. The number of benzene rings is 2. The van der Waals surface area contributed by atoms with Crippen LogP contribution in [0.15, 0.2) is 60.7 Å². The van der Waals surface area contributed by atoms with Gasteiger partial charge in [-0.15, -0.1) is 0 Å². The second-order valence-electron chi connectivity index (χ2n) is 7.89. The molecule has 0 bridgehead atoms. The summed E-state index contributed by atoms with van der Waals surface area (Å²) in [5, 5.41) is 3.65. The molecule has 0 saturated carbocycles. The molecule has 0 aliphatic rings. The summed E-state index contributed by atoms with van der Waals surface area (Å²) in [6, 6.07) is 19.8. The zero-order chi connectivity index (χ0) is 22.3. The van der Waals surface area contributed by atoms with Crippen molar-refractivity contribution < 1.29 is 13.6 Å². The molecule has 4 aromatic rings. The van der Waals surface area contributed by atoms with Gasteiger partial charge in [-0.05, 0) is 60.7 Å². The number of hydrogen-bond acceptors (Lipinski definition) is 5. The Morgan fingerprint density at radius 2 is 1.16 bits per heavy atom. The van der Waals surface area contributed by atoms with E-state index in [-0.39, 0.29) is 0 Å². The van der Waals surface area contributed by atoms with Gasteiger partial charge in [0, 0.05) is 26.7 Å². The van der Waals surface area contributed by atoms with Crippen molar-refractivity contribution in [3.63, 3.8) is 0 Å². The zero-order valence-electron chi connectivity index (χ0n) is 18.6. The van der Waals surface area contributed by atoms with Crippen LogP contribution in [0.3, 0.4) is 0 Å². The number of hydrogen-bond donors (Lipinski definition) is 0. The predicted molar refractivity (Wildman–Crippen MR) is 130 cm³/mol. The summed E-state index contributed by atoms with van der Waals surface area (Å²) >= 11 is 0. The lowest BCUT2D eigenvalue weighted by atomic mass is 10.1. The van der Waals surface area contributed by atoms with Gasteiger partial charge >= 0.3 is 8.25 Å². The standard InChI is InChI=1S/C26H28N2O3P/c1-3-5-13-21-17-19-11-7-9-15-23(19)25(27-21)30-32(29)31-26-24-16-10-8-12-20(24)18-22(28-26)14-6-4-2/h7-12,15-18H,3-6,13-14H2,1-2H3/q+1. The molecule has 0 aliphatic heterocycles. The van der Waals surface area contributed by atoms with E-state index in [1.54, 1.807) is 0 Å². The van der Waals surface area contributed by atoms with Crippen LogP contribution in [0.25, 0.3) is 21.5 Å². The largest absolute Gasteiger partial charge is 0.808 e. The van der Waals surface area contributed by atoms with E-state index in [0.29, 0.717) is 11.8 Å². The van der Waals surface area contributed by atoms with Crippen molar-refractivity contribution in [3.8, 4) is 11.8 Å². The van der Waals surface area contributed by atoms with Crippen molar-refractivity contribution in [2.45, 2.75) is 52.4 Å². The lowest BCUT2D eigenvalue weighted by Gasteiger charge is -2.06. The Bertz CT molecular complexity index is 1150. The van der Waals surface area contributed by atoms with Crippen LogP contribution in [0.5, 0.6) is 11.8 Å². The zero-order valence-corrected chi connectivity index (χ0v) is 19.5. The molecule has 2 heterocycles. The molecule has 0 saturated heterocycles. The van der Waals surface area contributed by atoms with Crippen LogP contribution < -0.4 is 9.05 Å².